The maximum Gasteiger partial charge on any atom is 0.314 e. The third-order valence-corrected chi connectivity index (χ3v) is 4.76. The minimum Gasteiger partial charge on any atom is -0.497 e. The molecule has 2 N–H and O–H groups in total. The van der Waals surface area contributed by atoms with E-state index in [1.807, 2.05) is 12.1 Å². The predicted octanol–water partition coefficient (Wildman–Crippen LogP) is 3.41. The Bertz CT molecular complexity index is 709. The lowest BCUT2D eigenvalue weighted by Gasteiger charge is -2.17. The summed E-state index contributed by atoms with van der Waals surface area (Å²) in [4.78, 5) is 12.0. The number of nitrogens with one attached hydrogen (secondary N) is 2. The van der Waals surface area contributed by atoms with Crippen LogP contribution in [0.1, 0.15) is 24.0 Å². The Labute approximate surface area is 147 Å². The molecule has 0 heterocycles. The number of halogens is 1. The minimum absolute atomic E-state index is 0.0561. The van der Waals surface area contributed by atoms with Crippen molar-refractivity contribution in [2.75, 3.05) is 20.2 Å². The average Bonchev–Trinajstić information content (AvgIpc) is 3.43. The number of urea groups is 1. The Kier molecular flexibility index (Phi) is 5.22. The number of hydrogen-bond donors (Lipinski definition) is 2. The summed E-state index contributed by atoms with van der Waals surface area (Å²) < 4.78 is 18.0. The molecule has 25 heavy (non-hydrogen) atoms. The van der Waals surface area contributed by atoms with Crippen molar-refractivity contribution >= 4 is 6.03 Å². The summed E-state index contributed by atoms with van der Waals surface area (Å²) in [5.74, 6) is 0.591. The van der Waals surface area contributed by atoms with Crippen LogP contribution < -0.4 is 15.4 Å². The van der Waals surface area contributed by atoms with Crippen molar-refractivity contribution in [3.63, 3.8) is 0 Å². The molecule has 0 unspecified atom stereocenters. The summed E-state index contributed by atoms with van der Waals surface area (Å²) in [5.41, 5.74) is 2.29. The highest BCUT2D eigenvalue weighted by atomic mass is 19.1. The van der Waals surface area contributed by atoms with Crippen LogP contribution in [0.25, 0.3) is 0 Å². The molecular weight excluding hydrogens is 319 g/mol. The van der Waals surface area contributed by atoms with Crippen molar-refractivity contribution in [1.82, 2.24) is 10.6 Å². The molecule has 3 rings (SSSR count). The fourth-order valence-electron chi connectivity index (χ4n) is 2.95. The van der Waals surface area contributed by atoms with Crippen LogP contribution in [0.2, 0.25) is 0 Å². The average molecular weight is 342 g/mol. The molecular formula is C20H23FN2O2. The van der Waals surface area contributed by atoms with Gasteiger partial charge in [-0.05, 0) is 54.7 Å². The van der Waals surface area contributed by atoms with E-state index in [-0.39, 0.29) is 17.3 Å². The number of carbonyl (C=O) groups is 1. The Hall–Kier alpha value is -2.56. The first kappa shape index (κ1) is 17.3. The molecule has 0 saturated heterocycles. The zero-order valence-electron chi connectivity index (χ0n) is 14.3. The minimum atomic E-state index is -0.247. The molecule has 0 aromatic heterocycles. The third-order valence-electron chi connectivity index (χ3n) is 4.76. The standard InChI is InChI=1S/C20H23FN2O2/c1-25-18-8-4-16(5-9-18)20(11-12-20)14-23-19(24)22-13-10-15-2-6-17(21)7-3-15/h2-9H,10-14H2,1H3,(H2,22,23,24). The smallest absolute Gasteiger partial charge is 0.314 e. The van der Waals surface area contributed by atoms with Gasteiger partial charge in [-0.1, -0.05) is 24.3 Å². The highest BCUT2D eigenvalue weighted by Crippen LogP contribution is 2.47. The molecule has 0 aliphatic heterocycles. The molecule has 1 saturated carbocycles. The summed E-state index contributed by atoms with van der Waals surface area (Å²) in [5, 5.41) is 5.82. The van der Waals surface area contributed by atoms with Crippen LogP contribution in [0.4, 0.5) is 9.18 Å². The molecule has 2 aromatic rings. The molecule has 0 spiro atoms. The summed E-state index contributed by atoms with van der Waals surface area (Å²) in [6.45, 7) is 1.15. The lowest BCUT2D eigenvalue weighted by Crippen LogP contribution is -2.40. The summed E-state index contributed by atoms with van der Waals surface area (Å²) in [6, 6.07) is 14.2. The molecule has 5 heteroatoms. The first-order valence-corrected chi connectivity index (χ1v) is 8.52. The second kappa shape index (κ2) is 7.55. The van der Waals surface area contributed by atoms with Gasteiger partial charge in [0.25, 0.3) is 0 Å². The van der Waals surface area contributed by atoms with E-state index in [1.54, 1.807) is 19.2 Å². The van der Waals surface area contributed by atoms with Gasteiger partial charge in [0.1, 0.15) is 11.6 Å². The molecule has 1 aliphatic carbocycles. The van der Waals surface area contributed by atoms with Crippen LogP contribution in [-0.2, 0) is 11.8 Å². The van der Waals surface area contributed by atoms with Crippen LogP contribution in [0.3, 0.4) is 0 Å². The summed E-state index contributed by atoms with van der Waals surface area (Å²) in [7, 11) is 1.65. The van der Waals surface area contributed by atoms with Gasteiger partial charge >= 0.3 is 6.03 Å². The monoisotopic (exact) mass is 342 g/mol. The summed E-state index contributed by atoms with van der Waals surface area (Å²) in [6.07, 6.45) is 2.84. The molecule has 4 nitrogen and oxygen atoms in total. The van der Waals surface area contributed by atoms with Crippen molar-refractivity contribution < 1.29 is 13.9 Å². The van der Waals surface area contributed by atoms with Gasteiger partial charge in [0.15, 0.2) is 0 Å². The predicted molar refractivity (Wildman–Crippen MR) is 95.4 cm³/mol. The Morgan fingerprint density at radius 3 is 2.36 bits per heavy atom. The van der Waals surface area contributed by atoms with Crippen molar-refractivity contribution in [1.29, 1.82) is 0 Å². The van der Waals surface area contributed by atoms with E-state index in [1.165, 1.54) is 17.7 Å². The molecule has 0 bridgehead atoms. The zero-order valence-corrected chi connectivity index (χ0v) is 14.3. The Balaban J connectivity index is 1.43. The van der Waals surface area contributed by atoms with E-state index < -0.39 is 0 Å². The van der Waals surface area contributed by atoms with Crippen molar-refractivity contribution in [3.8, 4) is 5.75 Å². The fraction of sp³-hybridized carbons (Fsp3) is 0.350. The van der Waals surface area contributed by atoms with E-state index in [4.69, 9.17) is 4.74 Å². The summed E-state index contributed by atoms with van der Waals surface area (Å²) >= 11 is 0. The maximum atomic E-state index is 12.9. The fourth-order valence-corrected chi connectivity index (χ4v) is 2.95. The van der Waals surface area contributed by atoms with Crippen molar-refractivity contribution in [2.24, 2.45) is 0 Å². The first-order chi connectivity index (χ1) is 12.1. The van der Waals surface area contributed by atoms with Gasteiger partial charge in [-0.25, -0.2) is 9.18 Å². The number of ether oxygens (including phenoxy) is 1. The number of rotatable bonds is 7. The number of hydrogen-bond acceptors (Lipinski definition) is 2. The third kappa shape index (κ3) is 4.50. The van der Waals surface area contributed by atoms with Gasteiger partial charge in [-0.2, -0.15) is 0 Å². The van der Waals surface area contributed by atoms with E-state index in [0.29, 0.717) is 19.5 Å². The Morgan fingerprint density at radius 1 is 1.08 bits per heavy atom. The molecule has 2 aromatic carbocycles. The number of benzene rings is 2. The van der Waals surface area contributed by atoms with Gasteiger partial charge in [0.05, 0.1) is 7.11 Å². The van der Waals surface area contributed by atoms with Gasteiger partial charge in [0, 0.05) is 18.5 Å². The molecule has 0 radical (unpaired) electrons. The number of methoxy groups -OCH3 is 1. The van der Waals surface area contributed by atoms with Crippen LogP contribution in [0.15, 0.2) is 48.5 Å². The molecule has 2 amide bonds. The van der Waals surface area contributed by atoms with E-state index in [9.17, 15) is 9.18 Å². The van der Waals surface area contributed by atoms with Crippen LogP contribution in [0.5, 0.6) is 5.75 Å². The SMILES string of the molecule is COc1ccc(C2(CNC(=O)NCCc3ccc(F)cc3)CC2)cc1. The van der Waals surface area contributed by atoms with Crippen LogP contribution in [-0.4, -0.2) is 26.2 Å². The van der Waals surface area contributed by atoms with Gasteiger partial charge in [-0.3, -0.25) is 0 Å². The quantitative estimate of drug-likeness (QED) is 0.810. The highest BCUT2D eigenvalue weighted by Gasteiger charge is 2.44. The molecule has 132 valence electrons. The Morgan fingerprint density at radius 2 is 1.76 bits per heavy atom. The topological polar surface area (TPSA) is 50.4 Å². The number of carbonyl (C=O) groups excluding carboxylic acids is 1. The lowest BCUT2D eigenvalue weighted by molar-refractivity contribution is 0.240. The molecule has 1 fully saturated rings. The second-order valence-corrected chi connectivity index (χ2v) is 6.49. The normalized spacial score (nSPS) is 14.6. The van der Waals surface area contributed by atoms with Gasteiger partial charge in [0.2, 0.25) is 0 Å². The van der Waals surface area contributed by atoms with Crippen molar-refractivity contribution in [2.45, 2.75) is 24.7 Å². The van der Waals surface area contributed by atoms with E-state index in [2.05, 4.69) is 22.8 Å². The molecule has 0 atom stereocenters. The highest BCUT2D eigenvalue weighted by molar-refractivity contribution is 5.74. The maximum absolute atomic E-state index is 12.9. The first-order valence-electron chi connectivity index (χ1n) is 8.52. The second-order valence-electron chi connectivity index (χ2n) is 6.49. The van der Waals surface area contributed by atoms with Crippen LogP contribution in [0, 0.1) is 5.82 Å². The largest absolute Gasteiger partial charge is 0.497 e. The lowest BCUT2D eigenvalue weighted by atomic mass is 9.96. The van der Waals surface area contributed by atoms with Crippen molar-refractivity contribution in [3.05, 3.63) is 65.5 Å². The van der Waals surface area contributed by atoms with E-state index in [0.717, 1.165) is 24.2 Å². The van der Waals surface area contributed by atoms with Crippen LogP contribution >= 0.6 is 0 Å². The van der Waals surface area contributed by atoms with E-state index >= 15 is 0 Å². The van der Waals surface area contributed by atoms with Gasteiger partial charge < -0.3 is 15.4 Å². The number of amides is 2. The zero-order chi connectivity index (χ0) is 17.7. The molecule has 1 aliphatic rings. The van der Waals surface area contributed by atoms with Gasteiger partial charge in [-0.15, -0.1) is 0 Å².